The number of amides is 2. The van der Waals surface area contributed by atoms with Gasteiger partial charge in [-0.25, -0.2) is 13.7 Å². The number of carbonyl (C=O) groups is 2. The summed E-state index contributed by atoms with van der Waals surface area (Å²) in [4.78, 5) is 29.6. The van der Waals surface area contributed by atoms with Gasteiger partial charge in [0.25, 0.3) is 11.8 Å². The SMILES string of the molecule is CC1CN(C2=C(c3ccc(F)cc3)C(=O)N(c3ccc(F)cc3)C2=O)CC(C)O1. The van der Waals surface area contributed by atoms with Crippen LogP contribution in [0.5, 0.6) is 0 Å². The maximum atomic E-state index is 13.4. The normalized spacial score (nSPS) is 22.6. The summed E-state index contributed by atoms with van der Waals surface area (Å²) in [5.74, 6) is -1.90. The summed E-state index contributed by atoms with van der Waals surface area (Å²) in [5, 5.41) is 0. The van der Waals surface area contributed by atoms with E-state index in [2.05, 4.69) is 0 Å². The largest absolute Gasteiger partial charge is 0.372 e. The number of carbonyl (C=O) groups excluding carboxylic acids is 2. The second-order valence-electron chi connectivity index (χ2n) is 7.31. The predicted octanol–water partition coefficient (Wildman–Crippen LogP) is 3.36. The van der Waals surface area contributed by atoms with Crippen molar-refractivity contribution in [3.05, 3.63) is 71.4 Å². The molecule has 0 N–H and O–H groups in total. The van der Waals surface area contributed by atoms with Gasteiger partial charge in [-0.2, -0.15) is 0 Å². The quantitative estimate of drug-likeness (QED) is 0.744. The number of imide groups is 1. The molecule has 0 spiro atoms. The molecule has 0 aromatic heterocycles. The fourth-order valence-corrected chi connectivity index (χ4v) is 3.87. The van der Waals surface area contributed by atoms with Crippen LogP contribution in [0.3, 0.4) is 0 Å². The Labute approximate surface area is 167 Å². The zero-order chi connectivity index (χ0) is 20.7. The van der Waals surface area contributed by atoms with E-state index in [0.29, 0.717) is 18.7 Å². The molecule has 0 radical (unpaired) electrons. The molecule has 2 aromatic carbocycles. The van der Waals surface area contributed by atoms with Gasteiger partial charge in [-0.3, -0.25) is 9.59 Å². The van der Waals surface area contributed by atoms with Gasteiger partial charge in [0.15, 0.2) is 0 Å². The highest BCUT2D eigenvalue weighted by Gasteiger charge is 2.43. The first-order valence-corrected chi connectivity index (χ1v) is 9.40. The molecule has 0 saturated carbocycles. The Bertz CT molecular complexity index is 976. The van der Waals surface area contributed by atoms with Crippen molar-refractivity contribution in [2.45, 2.75) is 26.1 Å². The molecule has 150 valence electrons. The van der Waals surface area contributed by atoms with Gasteiger partial charge in [-0.1, -0.05) is 12.1 Å². The van der Waals surface area contributed by atoms with E-state index in [4.69, 9.17) is 4.74 Å². The summed E-state index contributed by atoms with van der Waals surface area (Å²) < 4.78 is 32.5. The first-order chi connectivity index (χ1) is 13.8. The molecule has 2 heterocycles. The van der Waals surface area contributed by atoms with Crippen LogP contribution >= 0.6 is 0 Å². The van der Waals surface area contributed by atoms with Gasteiger partial charge in [-0.05, 0) is 55.8 Å². The molecule has 0 bridgehead atoms. The van der Waals surface area contributed by atoms with Gasteiger partial charge in [0.2, 0.25) is 0 Å². The summed E-state index contributed by atoms with van der Waals surface area (Å²) in [6, 6.07) is 10.6. The van der Waals surface area contributed by atoms with Crippen molar-refractivity contribution in [1.29, 1.82) is 0 Å². The third kappa shape index (κ3) is 3.53. The lowest BCUT2D eigenvalue weighted by Crippen LogP contribution is -2.47. The number of hydrogen-bond donors (Lipinski definition) is 0. The van der Waals surface area contributed by atoms with Crippen LogP contribution < -0.4 is 4.90 Å². The molecule has 0 aliphatic carbocycles. The van der Waals surface area contributed by atoms with Crippen LogP contribution in [-0.4, -0.2) is 42.0 Å². The number of hydrogen-bond acceptors (Lipinski definition) is 4. The van der Waals surface area contributed by atoms with E-state index in [1.807, 2.05) is 18.7 Å². The monoisotopic (exact) mass is 398 g/mol. The summed E-state index contributed by atoms with van der Waals surface area (Å²) in [6.07, 6.45) is -0.244. The summed E-state index contributed by atoms with van der Waals surface area (Å²) >= 11 is 0. The Hall–Kier alpha value is -3.06. The van der Waals surface area contributed by atoms with Crippen molar-refractivity contribution in [2.75, 3.05) is 18.0 Å². The lowest BCUT2D eigenvalue weighted by atomic mass is 10.0. The average molecular weight is 398 g/mol. The van der Waals surface area contributed by atoms with Gasteiger partial charge in [0.1, 0.15) is 17.3 Å². The standard InChI is InChI=1S/C22H20F2N2O3/c1-13-11-25(12-14(2)29-13)20-19(15-3-5-16(23)6-4-15)21(27)26(22(20)28)18-9-7-17(24)8-10-18/h3-10,13-14H,11-12H2,1-2H3. The molecule has 2 amide bonds. The van der Waals surface area contributed by atoms with Crippen molar-refractivity contribution >= 4 is 23.1 Å². The van der Waals surface area contributed by atoms with Crippen LogP contribution in [0, 0.1) is 11.6 Å². The molecule has 2 aromatic rings. The maximum absolute atomic E-state index is 13.4. The highest BCUT2D eigenvalue weighted by Crippen LogP contribution is 2.36. The first kappa shape index (κ1) is 19.3. The number of halogens is 2. The fraction of sp³-hybridized carbons (Fsp3) is 0.273. The van der Waals surface area contributed by atoms with Crippen LogP contribution in [0.15, 0.2) is 54.2 Å². The Balaban J connectivity index is 1.82. The first-order valence-electron chi connectivity index (χ1n) is 9.40. The molecule has 2 unspecified atom stereocenters. The van der Waals surface area contributed by atoms with E-state index >= 15 is 0 Å². The molecule has 2 atom stereocenters. The van der Waals surface area contributed by atoms with Crippen LogP contribution in [-0.2, 0) is 14.3 Å². The molecule has 1 fully saturated rings. The third-order valence-electron chi connectivity index (χ3n) is 5.01. The zero-order valence-electron chi connectivity index (χ0n) is 16.1. The third-order valence-corrected chi connectivity index (χ3v) is 5.01. The highest BCUT2D eigenvalue weighted by molar-refractivity contribution is 6.45. The van der Waals surface area contributed by atoms with Gasteiger partial charge in [0, 0.05) is 13.1 Å². The number of anilines is 1. The maximum Gasteiger partial charge on any atom is 0.282 e. The van der Waals surface area contributed by atoms with E-state index in [1.54, 1.807) is 0 Å². The van der Waals surface area contributed by atoms with Crippen LogP contribution in [0.2, 0.25) is 0 Å². The van der Waals surface area contributed by atoms with Crippen molar-refractivity contribution < 1.29 is 23.1 Å². The molecule has 29 heavy (non-hydrogen) atoms. The molecule has 7 heteroatoms. The van der Waals surface area contributed by atoms with Crippen molar-refractivity contribution in [1.82, 2.24) is 4.90 Å². The Morgan fingerprint density at radius 2 is 1.34 bits per heavy atom. The second-order valence-corrected chi connectivity index (χ2v) is 7.31. The summed E-state index contributed by atoms with van der Waals surface area (Å²) in [6.45, 7) is 4.70. The Kier molecular flexibility index (Phi) is 4.92. The molecule has 4 rings (SSSR count). The summed E-state index contributed by atoms with van der Waals surface area (Å²) in [5.41, 5.74) is 1.20. The second kappa shape index (κ2) is 7.40. The van der Waals surface area contributed by atoms with Crippen LogP contribution in [0.4, 0.5) is 14.5 Å². The Morgan fingerprint density at radius 3 is 1.90 bits per heavy atom. The molecule has 2 aliphatic rings. The minimum absolute atomic E-state index is 0.122. The molecule has 2 aliphatic heterocycles. The minimum atomic E-state index is -0.519. The molecule has 5 nitrogen and oxygen atoms in total. The summed E-state index contributed by atoms with van der Waals surface area (Å²) in [7, 11) is 0. The van der Waals surface area contributed by atoms with Crippen molar-refractivity contribution in [3.8, 4) is 0 Å². The molecule has 1 saturated heterocycles. The fourth-order valence-electron chi connectivity index (χ4n) is 3.87. The topological polar surface area (TPSA) is 49.9 Å². The average Bonchev–Trinajstić information content (AvgIpc) is 2.93. The predicted molar refractivity (Wildman–Crippen MR) is 104 cm³/mol. The molecular weight excluding hydrogens is 378 g/mol. The van der Waals surface area contributed by atoms with Gasteiger partial charge >= 0.3 is 0 Å². The smallest absolute Gasteiger partial charge is 0.282 e. The van der Waals surface area contributed by atoms with Gasteiger partial charge in [0.05, 0.1) is 23.5 Å². The van der Waals surface area contributed by atoms with E-state index in [9.17, 15) is 18.4 Å². The minimum Gasteiger partial charge on any atom is -0.372 e. The lowest BCUT2D eigenvalue weighted by molar-refractivity contribution is -0.121. The van der Waals surface area contributed by atoms with E-state index in [0.717, 1.165) is 4.90 Å². The number of nitrogens with zero attached hydrogens (tertiary/aromatic N) is 2. The van der Waals surface area contributed by atoms with E-state index in [1.165, 1.54) is 48.5 Å². The van der Waals surface area contributed by atoms with Crippen molar-refractivity contribution in [3.63, 3.8) is 0 Å². The highest BCUT2D eigenvalue weighted by atomic mass is 19.1. The number of benzene rings is 2. The number of ether oxygens (including phenoxy) is 1. The number of rotatable bonds is 3. The molecular formula is C22H20F2N2O3. The van der Waals surface area contributed by atoms with Crippen LogP contribution in [0.1, 0.15) is 19.4 Å². The van der Waals surface area contributed by atoms with Crippen LogP contribution in [0.25, 0.3) is 5.57 Å². The Morgan fingerprint density at radius 1 is 0.828 bits per heavy atom. The van der Waals surface area contributed by atoms with Gasteiger partial charge < -0.3 is 9.64 Å². The van der Waals surface area contributed by atoms with E-state index < -0.39 is 23.4 Å². The van der Waals surface area contributed by atoms with Crippen molar-refractivity contribution in [2.24, 2.45) is 0 Å². The van der Waals surface area contributed by atoms with E-state index in [-0.39, 0.29) is 29.2 Å². The zero-order valence-corrected chi connectivity index (χ0v) is 16.1. The lowest BCUT2D eigenvalue weighted by Gasteiger charge is -2.37. The number of morpholine rings is 1. The van der Waals surface area contributed by atoms with Gasteiger partial charge in [-0.15, -0.1) is 0 Å².